The average molecular weight is 230 g/mol. The molecule has 0 aromatic carbocycles. The molecule has 2 aliphatic heterocycles. The van der Waals surface area contributed by atoms with E-state index in [9.17, 15) is 4.39 Å². The number of halogens is 1. The van der Waals surface area contributed by atoms with Crippen molar-refractivity contribution in [1.82, 2.24) is 9.80 Å². The van der Waals surface area contributed by atoms with Gasteiger partial charge in [-0.05, 0) is 33.5 Å². The summed E-state index contributed by atoms with van der Waals surface area (Å²) in [6.45, 7) is 12.6. The van der Waals surface area contributed by atoms with Crippen molar-refractivity contribution in [2.24, 2.45) is 5.41 Å². The lowest BCUT2D eigenvalue weighted by atomic mass is 9.76. The molecule has 16 heavy (non-hydrogen) atoms. The molecule has 0 aromatic heterocycles. The third kappa shape index (κ3) is 2.25. The van der Waals surface area contributed by atoms with Crippen LogP contribution in [0.5, 0.6) is 0 Å². The molecule has 0 aliphatic carbocycles. The molecule has 2 aliphatic rings. The van der Waals surface area contributed by atoms with E-state index in [2.05, 4.69) is 16.7 Å². The van der Waals surface area contributed by atoms with Crippen molar-refractivity contribution >= 4 is 0 Å². The van der Waals surface area contributed by atoms with Crippen LogP contribution < -0.4 is 0 Å². The Morgan fingerprint density at radius 2 is 1.81 bits per heavy atom. The van der Waals surface area contributed by atoms with Crippen molar-refractivity contribution < 1.29 is 4.39 Å². The lowest BCUT2D eigenvalue weighted by Crippen LogP contribution is -2.43. The van der Waals surface area contributed by atoms with Crippen LogP contribution in [0.1, 0.15) is 34.1 Å². The zero-order valence-corrected chi connectivity index (χ0v) is 11.5. The van der Waals surface area contributed by atoms with E-state index < -0.39 is 5.67 Å². The van der Waals surface area contributed by atoms with Crippen molar-refractivity contribution in [3.63, 3.8) is 0 Å². The molecule has 0 bridgehead atoms. The molecule has 2 rings (SSSR count). The van der Waals surface area contributed by atoms with Crippen LogP contribution in [0.15, 0.2) is 0 Å². The van der Waals surface area contributed by atoms with Crippen LogP contribution in [0.4, 0.5) is 4.39 Å². The standard InChI is InChI=1S/C11H21FN2.C2H6/c1-4-14-6-5-11(9-14)8-13(3)7-10(11,2)12;1-2/h4-9H2,1-3H3;1-2H3. The van der Waals surface area contributed by atoms with E-state index in [1.165, 1.54) is 0 Å². The minimum Gasteiger partial charge on any atom is -0.303 e. The summed E-state index contributed by atoms with van der Waals surface area (Å²) >= 11 is 0. The quantitative estimate of drug-likeness (QED) is 0.682. The van der Waals surface area contributed by atoms with Gasteiger partial charge in [-0.3, -0.25) is 0 Å². The smallest absolute Gasteiger partial charge is 0.128 e. The van der Waals surface area contributed by atoms with Crippen LogP contribution in [-0.4, -0.2) is 55.2 Å². The average Bonchev–Trinajstić information content (AvgIpc) is 2.73. The Bertz CT molecular complexity index is 230. The van der Waals surface area contributed by atoms with Gasteiger partial charge in [0.25, 0.3) is 0 Å². The Morgan fingerprint density at radius 3 is 2.19 bits per heavy atom. The highest BCUT2D eigenvalue weighted by Crippen LogP contribution is 2.47. The molecular formula is C13H27FN2. The third-order valence-electron chi connectivity index (χ3n) is 4.13. The predicted molar refractivity (Wildman–Crippen MR) is 67.5 cm³/mol. The lowest BCUT2D eigenvalue weighted by Gasteiger charge is -2.33. The molecule has 0 amide bonds. The van der Waals surface area contributed by atoms with Crippen LogP contribution in [0.3, 0.4) is 0 Å². The molecule has 0 saturated carbocycles. The highest BCUT2D eigenvalue weighted by molar-refractivity contribution is 5.09. The first-order chi connectivity index (χ1) is 7.49. The summed E-state index contributed by atoms with van der Waals surface area (Å²) in [6, 6.07) is 0. The number of nitrogens with zero attached hydrogens (tertiary/aromatic N) is 2. The summed E-state index contributed by atoms with van der Waals surface area (Å²) in [6.07, 6.45) is 1.03. The topological polar surface area (TPSA) is 6.48 Å². The van der Waals surface area contributed by atoms with E-state index in [4.69, 9.17) is 0 Å². The van der Waals surface area contributed by atoms with Gasteiger partial charge in [-0.25, -0.2) is 4.39 Å². The normalized spacial score (nSPS) is 40.1. The maximum atomic E-state index is 14.5. The fourth-order valence-electron chi connectivity index (χ4n) is 3.19. The van der Waals surface area contributed by atoms with E-state index in [-0.39, 0.29) is 5.41 Å². The Kier molecular flexibility index (Phi) is 4.35. The summed E-state index contributed by atoms with van der Waals surface area (Å²) in [5.74, 6) is 0. The molecule has 0 aromatic rings. The number of likely N-dealkylation sites (tertiary alicyclic amines) is 2. The van der Waals surface area contributed by atoms with E-state index >= 15 is 0 Å². The van der Waals surface area contributed by atoms with Gasteiger partial charge in [0, 0.05) is 25.0 Å². The maximum absolute atomic E-state index is 14.5. The monoisotopic (exact) mass is 230 g/mol. The molecule has 2 heterocycles. The first-order valence-corrected chi connectivity index (χ1v) is 6.59. The first-order valence-electron chi connectivity index (χ1n) is 6.59. The van der Waals surface area contributed by atoms with Crippen LogP contribution in [0, 0.1) is 5.41 Å². The fraction of sp³-hybridized carbons (Fsp3) is 1.00. The van der Waals surface area contributed by atoms with Gasteiger partial charge < -0.3 is 9.80 Å². The number of rotatable bonds is 1. The molecule has 2 nitrogen and oxygen atoms in total. The van der Waals surface area contributed by atoms with Crippen molar-refractivity contribution in [1.29, 1.82) is 0 Å². The van der Waals surface area contributed by atoms with Crippen molar-refractivity contribution in [2.75, 3.05) is 39.8 Å². The van der Waals surface area contributed by atoms with Gasteiger partial charge in [-0.1, -0.05) is 20.8 Å². The van der Waals surface area contributed by atoms with Crippen molar-refractivity contribution in [2.45, 2.75) is 39.8 Å². The molecule has 3 heteroatoms. The van der Waals surface area contributed by atoms with Gasteiger partial charge >= 0.3 is 0 Å². The SMILES string of the molecule is CC.CCN1CCC2(CN(C)CC2(C)F)C1. The van der Waals surface area contributed by atoms with Crippen molar-refractivity contribution in [3.8, 4) is 0 Å². The van der Waals surface area contributed by atoms with Crippen LogP contribution in [-0.2, 0) is 0 Å². The zero-order valence-electron chi connectivity index (χ0n) is 11.5. The Morgan fingerprint density at radius 1 is 1.19 bits per heavy atom. The van der Waals surface area contributed by atoms with Crippen LogP contribution in [0.2, 0.25) is 0 Å². The second kappa shape index (κ2) is 5.01. The fourth-order valence-corrected chi connectivity index (χ4v) is 3.19. The number of hydrogen-bond donors (Lipinski definition) is 0. The molecule has 0 radical (unpaired) electrons. The van der Waals surface area contributed by atoms with E-state index in [0.29, 0.717) is 6.54 Å². The molecule has 2 unspecified atom stereocenters. The minimum atomic E-state index is -0.994. The van der Waals surface area contributed by atoms with Gasteiger partial charge in [0.15, 0.2) is 0 Å². The van der Waals surface area contributed by atoms with Crippen LogP contribution >= 0.6 is 0 Å². The Balaban J connectivity index is 0.000000606. The summed E-state index contributed by atoms with van der Waals surface area (Å²) in [5, 5.41) is 0. The number of alkyl halides is 1. The van der Waals surface area contributed by atoms with Gasteiger partial charge in [0.1, 0.15) is 5.67 Å². The lowest BCUT2D eigenvalue weighted by molar-refractivity contribution is 0.0633. The van der Waals surface area contributed by atoms with E-state index in [1.807, 2.05) is 20.9 Å². The molecule has 2 atom stereocenters. The Hall–Kier alpha value is -0.150. The molecule has 0 N–H and O–H groups in total. The maximum Gasteiger partial charge on any atom is 0.128 e. The molecule has 1 spiro atoms. The molecular weight excluding hydrogens is 203 g/mol. The highest BCUT2D eigenvalue weighted by Gasteiger charge is 2.57. The van der Waals surface area contributed by atoms with E-state index in [1.54, 1.807) is 6.92 Å². The highest BCUT2D eigenvalue weighted by atomic mass is 19.1. The second-order valence-corrected chi connectivity index (χ2v) is 5.27. The zero-order chi connectivity index (χ0) is 12.4. The molecule has 96 valence electrons. The third-order valence-corrected chi connectivity index (χ3v) is 4.13. The first kappa shape index (κ1) is 13.9. The predicted octanol–water partition coefficient (Wildman–Crippen LogP) is 2.40. The van der Waals surface area contributed by atoms with E-state index in [0.717, 1.165) is 32.6 Å². The van der Waals surface area contributed by atoms with Gasteiger partial charge in [-0.2, -0.15) is 0 Å². The molecule has 2 fully saturated rings. The number of hydrogen-bond acceptors (Lipinski definition) is 2. The summed E-state index contributed by atoms with van der Waals surface area (Å²) < 4.78 is 14.5. The largest absolute Gasteiger partial charge is 0.303 e. The second-order valence-electron chi connectivity index (χ2n) is 5.27. The summed E-state index contributed by atoms with van der Waals surface area (Å²) in [7, 11) is 2.03. The van der Waals surface area contributed by atoms with Gasteiger partial charge in [0.05, 0.1) is 0 Å². The summed E-state index contributed by atoms with van der Waals surface area (Å²) in [5.41, 5.74) is -1.08. The minimum absolute atomic E-state index is 0.0856. The molecule has 2 saturated heterocycles. The Labute approximate surface area is 99.8 Å². The van der Waals surface area contributed by atoms with Gasteiger partial charge in [-0.15, -0.1) is 0 Å². The van der Waals surface area contributed by atoms with Crippen LogP contribution in [0.25, 0.3) is 0 Å². The summed E-state index contributed by atoms with van der Waals surface area (Å²) in [4.78, 5) is 4.51. The van der Waals surface area contributed by atoms with Gasteiger partial charge in [0.2, 0.25) is 0 Å². The van der Waals surface area contributed by atoms with Crippen molar-refractivity contribution in [3.05, 3.63) is 0 Å².